The molecular weight excluding hydrogens is 256 g/mol. The van der Waals surface area contributed by atoms with Crippen LogP contribution in [0.25, 0.3) is 0 Å². The first-order valence-corrected chi connectivity index (χ1v) is 5.61. The van der Waals surface area contributed by atoms with Crippen LogP contribution in [0.4, 0.5) is 11.4 Å². The lowest BCUT2D eigenvalue weighted by atomic mass is 10.1. The average Bonchev–Trinajstić information content (AvgIpc) is 2.70. The van der Waals surface area contributed by atoms with Gasteiger partial charge >= 0.3 is 0 Å². The number of amides is 1. The van der Waals surface area contributed by atoms with Crippen LogP contribution in [0.3, 0.4) is 0 Å². The molecule has 1 aliphatic heterocycles. The van der Waals surface area contributed by atoms with E-state index in [2.05, 4.69) is 5.92 Å². The number of rotatable bonds is 2. The molecule has 0 aromatic heterocycles. The molecule has 1 fully saturated rings. The van der Waals surface area contributed by atoms with Gasteiger partial charge in [-0.05, 0) is 6.07 Å². The largest absolute Gasteiger partial charge is 0.304 e. The second-order valence-corrected chi connectivity index (χ2v) is 4.34. The van der Waals surface area contributed by atoms with E-state index in [1.54, 1.807) is 0 Å². The maximum Gasteiger partial charge on any atom is 0.294 e. The first-order chi connectivity index (χ1) is 8.54. The van der Waals surface area contributed by atoms with Crippen LogP contribution in [-0.4, -0.2) is 17.4 Å². The summed E-state index contributed by atoms with van der Waals surface area (Å²) in [6.07, 6.45) is 5.47. The van der Waals surface area contributed by atoms with Crippen LogP contribution in [0, 0.1) is 28.4 Å². The molecule has 1 saturated heterocycles. The second kappa shape index (κ2) is 4.67. The van der Waals surface area contributed by atoms with Crippen molar-refractivity contribution in [3.63, 3.8) is 0 Å². The van der Waals surface area contributed by atoms with Gasteiger partial charge in [-0.3, -0.25) is 14.9 Å². The third-order valence-electron chi connectivity index (χ3n) is 2.79. The summed E-state index contributed by atoms with van der Waals surface area (Å²) in [5.41, 5.74) is -0.0551. The molecule has 5 nitrogen and oxygen atoms in total. The van der Waals surface area contributed by atoms with E-state index < -0.39 is 4.92 Å². The molecule has 92 valence electrons. The second-order valence-electron chi connectivity index (χ2n) is 3.94. The van der Waals surface area contributed by atoms with Gasteiger partial charge in [0.1, 0.15) is 5.69 Å². The number of anilines is 1. The zero-order valence-electron chi connectivity index (χ0n) is 9.30. The van der Waals surface area contributed by atoms with Crippen molar-refractivity contribution in [1.29, 1.82) is 0 Å². The Hall–Kier alpha value is -2.06. The van der Waals surface area contributed by atoms with Crippen LogP contribution in [0.2, 0.25) is 5.02 Å². The van der Waals surface area contributed by atoms with Gasteiger partial charge in [0.25, 0.3) is 5.69 Å². The maximum atomic E-state index is 11.8. The van der Waals surface area contributed by atoms with E-state index in [1.165, 1.54) is 23.1 Å². The van der Waals surface area contributed by atoms with Crippen molar-refractivity contribution in [3.8, 4) is 12.3 Å². The average molecular weight is 265 g/mol. The third-order valence-corrected chi connectivity index (χ3v) is 3.10. The molecule has 18 heavy (non-hydrogen) atoms. The lowest BCUT2D eigenvalue weighted by Crippen LogP contribution is -2.25. The molecule has 1 amide bonds. The fourth-order valence-corrected chi connectivity index (χ4v) is 2.23. The number of nitro benzene ring substituents is 1. The summed E-state index contributed by atoms with van der Waals surface area (Å²) < 4.78 is 0. The van der Waals surface area contributed by atoms with Crippen LogP contribution < -0.4 is 4.90 Å². The van der Waals surface area contributed by atoms with E-state index in [0.717, 1.165) is 0 Å². The molecule has 1 atom stereocenters. The van der Waals surface area contributed by atoms with Gasteiger partial charge in [0.2, 0.25) is 5.91 Å². The van der Waals surface area contributed by atoms with E-state index in [4.69, 9.17) is 18.0 Å². The predicted molar refractivity (Wildman–Crippen MR) is 67.4 cm³/mol. The molecule has 0 radical (unpaired) electrons. The molecule has 0 bridgehead atoms. The predicted octanol–water partition coefficient (Wildman–Crippen LogP) is 2.23. The van der Waals surface area contributed by atoms with Gasteiger partial charge in [-0.25, -0.2) is 0 Å². The molecule has 1 unspecified atom stereocenters. The number of carbonyl (C=O) groups excluding carboxylic acids is 1. The van der Waals surface area contributed by atoms with Crippen molar-refractivity contribution < 1.29 is 9.72 Å². The van der Waals surface area contributed by atoms with Crippen LogP contribution in [0.1, 0.15) is 6.42 Å². The van der Waals surface area contributed by atoms with E-state index >= 15 is 0 Å². The topological polar surface area (TPSA) is 63.5 Å². The molecule has 1 heterocycles. The molecule has 6 heteroatoms. The standard InChI is InChI=1S/C12H9ClN2O3/c1-2-8-6-11(16)14(7-8)12-9(13)4-3-5-10(12)15(17)18/h1,3-5,8H,6-7H2. The highest BCUT2D eigenvalue weighted by molar-refractivity contribution is 6.34. The fourth-order valence-electron chi connectivity index (χ4n) is 1.95. The van der Waals surface area contributed by atoms with Gasteiger partial charge in [-0.2, -0.15) is 0 Å². The summed E-state index contributed by atoms with van der Waals surface area (Å²) in [6, 6.07) is 4.31. The van der Waals surface area contributed by atoms with E-state index in [1.807, 2.05) is 0 Å². The first kappa shape index (κ1) is 12.4. The smallest absolute Gasteiger partial charge is 0.294 e. The molecule has 0 N–H and O–H groups in total. The lowest BCUT2D eigenvalue weighted by molar-refractivity contribution is -0.384. The Morgan fingerprint density at radius 2 is 2.28 bits per heavy atom. The monoisotopic (exact) mass is 264 g/mol. The number of para-hydroxylation sites is 1. The van der Waals surface area contributed by atoms with Gasteiger partial charge < -0.3 is 4.90 Å². The minimum absolute atomic E-state index is 0.131. The number of terminal acetylenes is 1. The maximum absolute atomic E-state index is 11.8. The summed E-state index contributed by atoms with van der Waals surface area (Å²) in [5.74, 6) is 2.02. The summed E-state index contributed by atoms with van der Waals surface area (Å²) >= 11 is 5.96. The van der Waals surface area contributed by atoms with Crippen molar-refractivity contribution in [2.45, 2.75) is 6.42 Å². The molecule has 0 spiro atoms. The lowest BCUT2D eigenvalue weighted by Gasteiger charge is -2.17. The van der Waals surface area contributed by atoms with Crippen LogP contribution in [0.5, 0.6) is 0 Å². The quantitative estimate of drug-likeness (QED) is 0.467. The van der Waals surface area contributed by atoms with Crippen molar-refractivity contribution >= 4 is 28.9 Å². The van der Waals surface area contributed by atoms with E-state index in [-0.39, 0.29) is 41.2 Å². The summed E-state index contributed by atoms with van der Waals surface area (Å²) in [6.45, 7) is 0.264. The zero-order chi connectivity index (χ0) is 13.3. The molecule has 1 aromatic carbocycles. The first-order valence-electron chi connectivity index (χ1n) is 5.24. The van der Waals surface area contributed by atoms with Gasteiger partial charge in [0.05, 0.1) is 9.95 Å². The highest BCUT2D eigenvalue weighted by Crippen LogP contribution is 2.38. The van der Waals surface area contributed by atoms with Crippen molar-refractivity contribution in [1.82, 2.24) is 0 Å². The summed E-state index contributed by atoms with van der Waals surface area (Å²) in [4.78, 5) is 23.5. The van der Waals surface area contributed by atoms with E-state index in [9.17, 15) is 14.9 Å². The Balaban J connectivity index is 2.49. The van der Waals surface area contributed by atoms with Gasteiger partial charge in [-0.15, -0.1) is 12.3 Å². The van der Waals surface area contributed by atoms with Crippen molar-refractivity contribution in [2.24, 2.45) is 5.92 Å². The van der Waals surface area contributed by atoms with Gasteiger partial charge in [0, 0.05) is 24.9 Å². The molecular formula is C12H9ClN2O3. The number of nitro groups is 1. The molecule has 1 aromatic rings. The highest BCUT2D eigenvalue weighted by atomic mass is 35.5. The minimum Gasteiger partial charge on any atom is -0.304 e. The minimum atomic E-state index is -0.558. The molecule has 0 aliphatic carbocycles. The number of hydrogen-bond donors (Lipinski definition) is 0. The SMILES string of the molecule is C#CC1CC(=O)N(c2c(Cl)cccc2[N+](=O)[O-])C1. The van der Waals surface area contributed by atoms with Crippen LogP contribution in [0.15, 0.2) is 18.2 Å². The third kappa shape index (κ3) is 2.03. The molecule has 1 aliphatic rings. The molecule has 0 saturated carbocycles. The summed E-state index contributed by atoms with van der Waals surface area (Å²) in [7, 11) is 0. The van der Waals surface area contributed by atoms with Gasteiger partial charge in [-0.1, -0.05) is 17.7 Å². The molecule has 2 rings (SSSR count). The van der Waals surface area contributed by atoms with Crippen LogP contribution in [-0.2, 0) is 4.79 Å². The number of halogens is 1. The van der Waals surface area contributed by atoms with E-state index in [0.29, 0.717) is 0 Å². The normalized spacial score (nSPS) is 18.8. The zero-order valence-corrected chi connectivity index (χ0v) is 10.1. The summed E-state index contributed by atoms with van der Waals surface area (Å²) in [5, 5.41) is 11.1. The Bertz CT molecular complexity index is 565. The Morgan fingerprint density at radius 3 is 2.83 bits per heavy atom. The Labute approximate surface area is 108 Å². The number of nitrogens with zero attached hydrogens (tertiary/aromatic N) is 2. The Kier molecular flexibility index (Phi) is 3.21. The number of carbonyl (C=O) groups is 1. The Morgan fingerprint density at radius 1 is 1.56 bits per heavy atom. The van der Waals surface area contributed by atoms with Gasteiger partial charge in [0.15, 0.2) is 0 Å². The number of benzene rings is 1. The fraction of sp³-hybridized carbons (Fsp3) is 0.250. The highest BCUT2D eigenvalue weighted by Gasteiger charge is 2.34. The number of hydrogen-bond acceptors (Lipinski definition) is 3. The van der Waals surface area contributed by atoms with Crippen molar-refractivity contribution in [3.05, 3.63) is 33.3 Å². The van der Waals surface area contributed by atoms with Crippen molar-refractivity contribution in [2.75, 3.05) is 11.4 Å². The van der Waals surface area contributed by atoms with Crippen LogP contribution >= 0.6 is 11.6 Å².